The first-order valence-corrected chi connectivity index (χ1v) is 3.96. The lowest BCUT2D eigenvalue weighted by molar-refractivity contribution is 0.514. The van der Waals surface area contributed by atoms with Gasteiger partial charge in [0.05, 0.1) is 12.2 Å². The second-order valence-electron chi connectivity index (χ2n) is 2.64. The summed E-state index contributed by atoms with van der Waals surface area (Å²) in [5.41, 5.74) is 3.03. The zero-order chi connectivity index (χ0) is 9.68. The highest BCUT2D eigenvalue weighted by Crippen LogP contribution is 2.18. The molecule has 1 aromatic heterocycles. The van der Waals surface area contributed by atoms with Crippen molar-refractivity contribution in [1.29, 1.82) is 0 Å². The van der Waals surface area contributed by atoms with Crippen LogP contribution in [0.2, 0.25) is 0 Å². The van der Waals surface area contributed by atoms with Gasteiger partial charge in [0.1, 0.15) is 5.82 Å². The van der Waals surface area contributed by atoms with Crippen molar-refractivity contribution in [1.82, 2.24) is 10.4 Å². The van der Waals surface area contributed by atoms with Gasteiger partial charge in [0.2, 0.25) is 0 Å². The van der Waals surface area contributed by atoms with E-state index in [-0.39, 0.29) is 11.9 Å². The summed E-state index contributed by atoms with van der Waals surface area (Å²) in [6.45, 7) is 3.57. The molecule has 13 heavy (non-hydrogen) atoms. The number of hydrogen-bond acceptors (Lipinski definition) is 3. The van der Waals surface area contributed by atoms with E-state index in [1.807, 2.05) is 0 Å². The fraction of sp³-hybridized carbons (Fsp3) is 0.222. The van der Waals surface area contributed by atoms with Gasteiger partial charge in [-0.2, -0.15) is 0 Å². The molecule has 70 valence electrons. The van der Waals surface area contributed by atoms with Crippen molar-refractivity contribution in [3.63, 3.8) is 0 Å². The molecule has 0 radical (unpaired) electrons. The third kappa shape index (κ3) is 2.34. The summed E-state index contributed by atoms with van der Waals surface area (Å²) in [4.78, 5) is 3.65. The topological polar surface area (TPSA) is 50.9 Å². The first-order chi connectivity index (χ1) is 6.29. The van der Waals surface area contributed by atoms with E-state index in [1.165, 1.54) is 12.4 Å². The Balaban J connectivity index is 2.90. The molecule has 0 aliphatic heterocycles. The van der Waals surface area contributed by atoms with E-state index in [1.54, 1.807) is 12.1 Å². The molecule has 0 saturated heterocycles. The Morgan fingerprint density at radius 2 is 2.54 bits per heavy atom. The van der Waals surface area contributed by atoms with Crippen LogP contribution in [0, 0.1) is 5.82 Å². The Labute approximate surface area is 76.4 Å². The maximum atomic E-state index is 13.2. The van der Waals surface area contributed by atoms with Crippen molar-refractivity contribution in [2.75, 3.05) is 0 Å². The summed E-state index contributed by atoms with van der Waals surface area (Å²) in [5, 5.41) is 0. The number of aromatic nitrogens is 1. The van der Waals surface area contributed by atoms with Crippen molar-refractivity contribution in [2.24, 2.45) is 5.84 Å². The van der Waals surface area contributed by atoms with Gasteiger partial charge in [0, 0.05) is 11.8 Å². The third-order valence-corrected chi connectivity index (χ3v) is 1.78. The zero-order valence-corrected chi connectivity index (χ0v) is 7.20. The number of rotatable bonds is 4. The number of halogens is 1. The molecule has 3 N–H and O–H groups in total. The molecular formula is C9H12FN3. The maximum absolute atomic E-state index is 13.2. The number of nitrogens with one attached hydrogen (secondary N) is 1. The Kier molecular flexibility index (Phi) is 3.54. The number of pyridine rings is 1. The standard InChI is InChI=1S/C9H12FN3/c1-2-3-9(13-11)7-4-5-12-6-8(7)10/h2,4-6,9,13H,1,3,11H2. The minimum atomic E-state index is -0.354. The van der Waals surface area contributed by atoms with E-state index in [0.29, 0.717) is 12.0 Å². The Hall–Kier alpha value is -1.26. The molecule has 0 amide bonds. The van der Waals surface area contributed by atoms with E-state index >= 15 is 0 Å². The van der Waals surface area contributed by atoms with E-state index in [0.717, 1.165) is 0 Å². The molecule has 1 aromatic rings. The molecule has 0 fully saturated rings. The lowest BCUT2D eigenvalue weighted by Crippen LogP contribution is -2.28. The van der Waals surface area contributed by atoms with Gasteiger partial charge in [0.25, 0.3) is 0 Å². The summed E-state index contributed by atoms with van der Waals surface area (Å²) in [5.74, 6) is 4.92. The van der Waals surface area contributed by atoms with E-state index in [2.05, 4.69) is 17.0 Å². The van der Waals surface area contributed by atoms with Crippen LogP contribution in [-0.4, -0.2) is 4.98 Å². The third-order valence-electron chi connectivity index (χ3n) is 1.78. The molecule has 0 spiro atoms. The van der Waals surface area contributed by atoms with Gasteiger partial charge in [-0.1, -0.05) is 6.08 Å². The van der Waals surface area contributed by atoms with Crippen LogP contribution in [-0.2, 0) is 0 Å². The van der Waals surface area contributed by atoms with Crippen LogP contribution < -0.4 is 11.3 Å². The van der Waals surface area contributed by atoms with Crippen molar-refractivity contribution < 1.29 is 4.39 Å². The summed E-state index contributed by atoms with van der Waals surface area (Å²) in [7, 11) is 0. The minimum Gasteiger partial charge on any atom is -0.271 e. The molecule has 3 nitrogen and oxygen atoms in total. The Morgan fingerprint density at radius 3 is 3.08 bits per heavy atom. The number of nitrogens with two attached hydrogens (primary N) is 1. The van der Waals surface area contributed by atoms with Gasteiger partial charge >= 0.3 is 0 Å². The van der Waals surface area contributed by atoms with Crippen molar-refractivity contribution in [3.8, 4) is 0 Å². The van der Waals surface area contributed by atoms with Crippen molar-refractivity contribution >= 4 is 0 Å². The normalized spacial score (nSPS) is 12.5. The lowest BCUT2D eigenvalue weighted by atomic mass is 10.1. The van der Waals surface area contributed by atoms with Crippen LogP contribution in [0.25, 0.3) is 0 Å². The van der Waals surface area contributed by atoms with Crippen LogP contribution in [0.15, 0.2) is 31.1 Å². The van der Waals surface area contributed by atoms with Crippen LogP contribution in [0.5, 0.6) is 0 Å². The molecule has 0 aromatic carbocycles. The van der Waals surface area contributed by atoms with Gasteiger partial charge in [-0.25, -0.2) is 4.39 Å². The van der Waals surface area contributed by atoms with Crippen LogP contribution in [0.4, 0.5) is 4.39 Å². The van der Waals surface area contributed by atoms with Gasteiger partial charge in [-0.3, -0.25) is 16.3 Å². The number of hydrogen-bond donors (Lipinski definition) is 2. The second-order valence-corrected chi connectivity index (χ2v) is 2.64. The lowest BCUT2D eigenvalue weighted by Gasteiger charge is -2.14. The predicted molar refractivity (Wildman–Crippen MR) is 49.1 cm³/mol. The van der Waals surface area contributed by atoms with Gasteiger partial charge < -0.3 is 0 Å². The molecule has 1 heterocycles. The Morgan fingerprint density at radius 1 is 1.77 bits per heavy atom. The zero-order valence-electron chi connectivity index (χ0n) is 7.20. The van der Waals surface area contributed by atoms with Crippen molar-refractivity contribution in [2.45, 2.75) is 12.5 Å². The predicted octanol–water partition coefficient (Wildman–Crippen LogP) is 1.30. The first-order valence-electron chi connectivity index (χ1n) is 3.96. The molecule has 1 rings (SSSR count). The molecule has 1 atom stereocenters. The molecule has 4 heteroatoms. The fourth-order valence-electron chi connectivity index (χ4n) is 1.12. The van der Waals surface area contributed by atoms with Crippen LogP contribution in [0.3, 0.4) is 0 Å². The van der Waals surface area contributed by atoms with Gasteiger partial charge in [0.15, 0.2) is 0 Å². The highest BCUT2D eigenvalue weighted by atomic mass is 19.1. The molecule has 1 unspecified atom stereocenters. The average Bonchev–Trinajstić information content (AvgIpc) is 2.16. The second kappa shape index (κ2) is 4.69. The minimum absolute atomic E-state index is 0.236. The summed E-state index contributed by atoms with van der Waals surface area (Å²) in [6.07, 6.45) is 4.97. The fourth-order valence-corrected chi connectivity index (χ4v) is 1.12. The maximum Gasteiger partial charge on any atom is 0.146 e. The van der Waals surface area contributed by atoms with Crippen LogP contribution >= 0.6 is 0 Å². The van der Waals surface area contributed by atoms with E-state index in [4.69, 9.17) is 5.84 Å². The molecule has 0 bridgehead atoms. The van der Waals surface area contributed by atoms with Crippen LogP contribution in [0.1, 0.15) is 18.0 Å². The average molecular weight is 181 g/mol. The van der Waals surface area contributed by atoms with Gasteiger partial charge in [-0.15, -0.1) is 6.58 Å². The van der Waals surface area contributed by atoms with Gasteiger partial charge in [-0.05, 0) is 12.5 Å². The monoisotopic (exact) mass is 181 g/mol. The number of nitrogens with zero attached hydrogens (tertiary/aromatic N) is 1. The smallest absolute Gasteiger partial charge is 0.146 e. The molecular weight excluding hydrogens is 169 g/mol. The summed E-state index contributed by atoms with van der Waals surface area (Å²) < 4.78 is 13.2. The molecule has 0 aliphatic carbocycles. The highest BCUT2D eigenvalue weighted by Gasteiger charge is 2.11. The van der Waals surface area contributed by atoms with E-state index < -0.39 is 0 Å². The largest absolute Gasteiger partial charge is 0.271 e. The quantitative estimate of drug-likeness (QED) is 0.418. The number of hydrazine groups is 1. The molecule has 0 aliphatic rings. The Bertz CT molecular complexity index is 288. The summed E-state index contributed by atoms with van der Waals surface area (Å²) in [6, 6.07) is 1.36. The summed E-state index contributed by atoms with van der Waals surface area (Å²) >= 11 is 0. The molecule has 0 saturated carbocycles. The highest BCUT2D eigenvalue weighted by molar-refractivity contribution is 5.17. The SMILES string of the molecule is C=CCC(NN)c1ccncc1F. The first kappa shape index (κ1) is 9.83. The van der Waals surface area contributed by atoms with Crippen molar-refractivity contribution in [3.05, 3.63) is 42.5 Å². The van der Waals surface area contributed by atoms with E-state index in [9.17, 15) is 4.39 Å².